The van der Waals surface area contributed by atoms with Gasteiger partial charge in [0.25, 0.3) is 0 Å². The quantitative estimate of drug-likeness (QED) is 0.843. The van der Waals surface area contributed by atoms with Gasteiger partial charge in [-0.05, 0) is 24.1 Å². The fourth-order valence-electron chi connectivity index (χ4n) is 2.28. The van der Waals surface area contributed by atoms with E-state index in [1.165, 1.54) is 11.1 Å². The highest BCUT2D eigenvalue weighted by atomic mass is 16.5. The second kappa shape index (κ2) is 6.93. The number of nitrogens with zero attached hydrogens (tertiary/aromatic N) is 1. The molecule has 0 aliphatic carbocycles. The molecule has 0 atom stereocenters. The predicted octanol–water partition coefficient (Wildman–Crippen LogP) is 3.20. The van der Waals surface area contributed by atoms with Crippen molar-refractivity contribution in [3.8, 4) is 5.75 Å². The number of hydrogen-bond acceptors (Lipinski definition) is 2. The van der Waals surface area contributed by atoms with Crippen molar-refractivity contribution in [2.45, 2.75) is 19.9 Å². The number of aryl methyl sites for hydroxylation is 1. The van der Waals surface area contributed by atoms with Crippen molar-refractivity contribution in [1.29, 1.82) is 0 Å². The third-order valence-corrected chi connectivity index (χ3v) is 3.63. The number of carbonyl (C=O) groups excluding carboxylic acids is 1. The summed E-state index contributed by atoms with van der Waals surface area (Å²) in [5.41, 5.74) is 3.30. The summed E-state index contributed by atoms with van der Waals surface area (Å²) in [5, 5.41) is 0. The molecule has 0 bridgehead atoms. The van der Waals surface area contributed by atoms with Crippen molar-refractivity contribution < 1.29 is 9.53 Å². The van der Waals surface area contributed by atoms with E-state index in [2.05, 4.69) is 19.1 Å². The minimum Gasteiger partial charge on any atom is -0.496 e. The SMILES string of the molecule is COc1ccccc1CC(=O)N(C)Cc1ccccc1C. The van der Waals surface area contributed by atoms with Crippen molar-refractivity contribution >= 4 is 5.91 Å². The van der Waals surface area contributed by atoms with E-state index in [0.717, 1.165) is 11.3 Å². The number of amides is 1. The van der Waals surface area contributed by atoms with Crippen molar-refractivity contribution in [3.05, 3.63) is 65.2 Å². The third-order valence-electron chi connectivity index (χ3n) is 3.63. The molecular formula is C18H21NO2. The first-order valence-corrected chi connectivity index (χ1v) is 7.02. The monoisotopic (exact) mass is 283 g/mol. The first-order chi connectivity index (χ1) is 10.1. The van der Waals surface area contributed by atoms with E-state index < -0.39 is 0 Å². The Balaban J connectivity index is 2.05. The highest BCUT2D eigenvalue weighted by Gasteiger charge is 2.13. The molecule has 21 heavy (non-hydrogen) atoms. The average Bonchev–Trinajstić information content (AvgIpc) is 2.50. The Morgan fingerprint density at radius 1 is 1.05 bits per heavy atom. The molecule has 0 heterocycles. The lowest BCUT2D eigenvalue weighted by atomic mass is 10.1. The Bertz CT molecular complexity index is 622. The van der Waals surface area contributed by atoms with Crippen LogP contribution in [0.5, 0.6) is 5.75 Å². The fraction of sp³-hybridized carbons (Fsp3) is 0.278. The van der Waals surface area contributed by atoms with Gasteiger partial charge in [-0.15, -0.1) is 0 Å². The summed E-state index contributed by atoms with van der Waals surface area (Å²) in [7, 11) is 3.46. The van der Waals surface area contributed by atoms with Crippen LogP contribution in [0.4, 0.5) is 0 Å². The van der Waals surface area contributed by atoms with Crippen LogP contribution in [0.1, 0.15) is 16.7 Å². The average molecular weight is 283 g/mol. The van der Waals surface area contributed by atoms with Gasteiger partial charge in [0.1, 0.15) is 5.75 Å². The van der Waals surface area contributed by atoms with Crippen molar-refractivity contribution in [2.24, 2.45) is 0 Å². The Morgan fingerprint density at radius 3 is 2.33 bits per heavy atom. The molecule has 2 aromatic rings. The second-order valence-corrected chi connectivity index (χ2v) is 5.16. The van der Waals surface area contributed by atoms with E-state index in [1.54, 1.807) is 12.0 Å². The normalized spacial score (nSPS) is 10.2. The number of ether oxygens (including phenoxy) is 1. The predicted molar refractivity (Wildman–Crippen MR) is 84.4 cm³/mol. The Kier molecular flexibility index (Phi) is 4.99. The standard InChI is InChI=1S/C18H21NO2/c1-14-8-4-5-10-16(14)13-19(2)18(20)12-15-9-6-7-11-17(15)21-3/h4-11H,12-13H2,1-3H3. The van der Waals surface area contributed by atoms with Gasteiger partial charge in [0.2, 0.25) is 5.91 Å². The van der Waals surface area contributed by atoms with Gasteiger partial charge in [-0.1, -0.05) is 42.5 Å². The summed E-state index contributed by atoms with van der Waals surface area (Å²) >= 11 is 0. The van der Waals surface area contributed by atoms with Gasteiger partial charge in [0.15, 0.2) is 0 Å². The molecule has 3 nitrogen and oxygen atoms in total. The molecule has 0 saturated carbocycles. The van der Waals surface area contributed by atoms with Gasteiger partial charge >= 0.3 is 0 Å². The fourth-order valence-corrected chi connectivity index (χ4v) is 2.28. The summed E-state index contributed by atoms with van der Waals surface area (Å²) in [6.45, 7) is 2.69. The number of likely N-dealkylation sites (N-methyl/N-ethyl adjacent to an activating group) is 1. The van der Waals surface area contributed by atoms with Gasteiger partial charge in [-0.2, -0.15) is 0 Å². The molecule has 0 N–H and O–H groups in total. The van der Waals surface area contributed by atoms with Crippen molar-refractivity contribution in [1.82, 2.24) is 4.90 Å². The summed E-state index contributed by atoms with van der Waals surface area (Å²) in [6.07, 6.45) is 0.354. The maximum Gasteiger partial charge on any atom is 0.227 e. The first-order valence-electron chi connectivity index (χ1n) is 7.02. The zero-order chi connectivity index (χ0) is 15.2. The van der Waals surface area contributed by atoms with Crippen LogP contribution in [0.25, 0.3) is 0 Å². The van der Waals surface area contributed by atoms with Crippen molar-refractivity contribution in [3.63, 3.8) is 0 Å². The zero-order valence-corrected chi connectivity index (χ0v) is 12.8. The molecule has 2 rings (SSSR count). The minimum atomic E-state index is 0.0859. The van der Waals surface area contributed by atoms with Gasteiger partial charge in [-0.25, -0.2) is 0 Å². The number of hydrogen-bond donors (Lipinski definition) is 0. The van der Waals surface area contributed by atoms with Gasteiger partial charge in [-0.3, -0.25) is 4.79 Å². The zero-order valence-electron chi connectivity index (χ0n) is 12.8. The molecule has 3 heteroatoms. The topological polar surface area (TPSA) is 29.5 Å². The molecule has 0 aliphatic rings. The third kappa shape index (κ3) is 3.85. The molecule has 0 aromatic heterocycles. The summed E-state index contributed by atoms with van der Waals surface area (Å²) in [5.74, 6) is 0.845. The van der Waals surface area contributed by atoms with Gasteiger partial charge in [0.05, 0.1) is 13.5 Å². The summed E-state index contributed by atoms with van der Waals surface area (Å²) in [6, 6.07) is 15.8. The molecule has 0 spiro atoms. The van der Waals surface area contributed by atoms with E-state index in [0.29, 0.717) is 13.0 Å². The Hall–Kier alpha value is -2.29. The van der Waals surface area contributed by atoms with Crippen LogP contribution in [0, 0.1) is 6.92 Å². The molecule has 0 unspecified atom stereocenters. The van der Waals surface area contributed by atoms with Crippen LogP contribution >= 0.6 is 0 Å². The molecule has 110 valence electrons. The first kappa shape index (κ1) is 15.1. The van der Waals surface area contributed by atoms with E-state index >= 15 is 0 Å². The molecule has 0 fully saturated rings. The smallest absolute Gasteiger partial charge is 0.227 e. The number of rotatable bonds is 5. The molecule has 0 saturated heterocycles. The number of benzene rings is 2. The highest BCUT2D eigenvalue weighted by molar-refractivity contribution is 5.79. The lowest BCUT2D eigenvalue weighted by Crippen LogP contribution is -2.28. The molecular weight excluding hydrogens is 262 g/mol. The summed E-state index contributed by atoms with van der Waals surface area (Å²) < 4.78 is 5.29. The second-order valence-electron chi connectivity index (χ2n) is 5.16. The van der Waals surface area contributed by atoms with Gasteiger partial charge < -0.3 is 9.64 Å². The molecule has 0 aliphatic heterocycles. The van der Waals surface area contributed by atoms with E-state index in [4.69, 9.17) is 4.74 Å². The van der Waals surface area contributed by atoms with Crippen molar-refractivity contribution in [2.75, 3.05) is 14.2 Å². The van der Waals surface area contributed by atoms with Crippen LogP contribution in [0.2, 0.25) is 0 Å². The lowest BCUT2D eigenvalue weighted by Gasteiger charge is -2.19. The Labute approximate surface area is 126 Å². The van der Waals surface area contributed by atoms with Crippen LogP contribution in [0.3, 0.4) is 0 Å². The van der Waals surface area contributed by atoms with Gasteiger partial charge in [0, 0.05) is 19.2 Å². The molecule has 0 radical (unpaired) electrons. The molecule has 1 amide bonds. The van der Waals surface area contributed by atoms with Crippen LogP contribution in [-0.4, -0.2) is 25.0 Å². The summed E-state index contributed by atoms with van der Waals surface area (Å²) in [4.78, 5) is 14.1. The largest absolute Gasteiger partial charge is 0.496 e. The van der Waals surface area contributed by atoms with E-state index in [9.17, 15) is 4.79 Å². The Morgan fingerprint density at radius 2 is 1.67 bits per heavy atom. The maximum atomic E-state index is 12.4. The van der Waals surface area contributed by atoms with E-state index in [-0.39, 0.29) is 5.91 Å². The molecule has 2 aromatic carbocycles. The lowest BCUT2D eigenvalue weighted by molar-refractivity contribution is -0.129. The van der Waals surface area contributed by atoms with Crippen LogP contribution in [0.15, 0.2) is 48.5 Å². The van der Waals surface area contributed by atoms with Crippen LogP contribution in [-0.2, 0) is 17.8 Å². The maximum absolute atomic E-state index is 12.4. The van der Waals surface area contributed by atoms with Crippen LogP contribution < -0.4 is 4.74 Å². The number of carbonyl (C=O) groups is 1. The highest BCUT2D eigenvalue weighted by Crippen LogP contribution is 2.19. The minimum absolute atomic E-state index is 0.0859. The van der Waals surface area contributed by atoms with E-state index in [1.807, 2.05) is 43.4 Å². The number of methoxy groups -OCH3 is 1. The number of para-hydroxylation sites is 1.